The van der Waals surface area contributed by atoms with Gasteiger partial charge in [0, 0.05) is 12.1 Å². The molecule has 25 heavy (non-hydrogen) atoms. The second-order valence-corrected chi connectivity index (χ2v) is 7.00. The first-order chi connectivity index (χ1) is 12.2. The fourth-order valence-corrected chi connectivity index (χ4v) is 3.55. The van der Waals surface area contributed by atoms with E-state index < -0.39 is 0 Å². The van der Waals surface area contributed by atoms with Crippen molar-refractivity contribution in [1.82, 2.24) is 5.32 Å². The molecule has 2 aromatic carbocycles. The maximum atomic E-state index is 9.69. The summed E-state index contributed by atoms with van der Waals surface area (Å²) in [6.07, 6.45) is 6.14. The Kier molecular flexibility index (Phi) is 6.48. The molecule has 1 fully saturated rings. The summed E-state index contributed by atoms with van der Waals surface area (Å²) in [7, 11) is 0. The van der Waals surface area contributed by atoms with Gasteiger partial charge in [0.15, 0.2) is 0 Å². The number of hydrogen-bond acceptors (Lipinski definition) is 3. The third kappa shape index (κ3) is 5.32. The van der Waals surface area contributed by atoms with Crippen LogP contribution in [0.4, 0.5) is 0 Å². The molecule has 3 rings (SSSR count). The first-order valence-corrected chi connectivity index (χ1v) is 9.51. The Bertz CT molecular complexity index is 618. The van der Waals surface area contributed by atoms with Crippen LogP contribution in [0, 0.1) is 0 Å². The van der Waals surface area contributed by atoms with Gasteiger partial charge in [0.25, 0.3) is 0 Å². The Hall–Kier alpha value is -1.84. The number of hydrogen-bond donors (Lipinski definition) is 2. The molecule has 0 heterocycles. The van der Waals surface area contributed by atoms with Gasteiger partial charge >= 0.3 is 0 Å². The van der Waals surface area contributed by atoms with E-state index in [-0.39, 0.29) is 6.10 Å². The first-order valence-electron chi connectivity index (χ1n) is 9.51. The molecule has 0 aromatic heterocycles. The number of benzene rings is 2. The fraction of sp³-hybridized carbons (Fsp3) is 0.455. The molecule has 3 heteroatoms. The summed E-state index contributed by atoms with van der Waals surface area (Å²) < 4.78 is 5.89. The molecule has 2 aromatic rings. The van der Waals surface area contributed by atoms with E-state index in [0.29, 0.717) is 12.1 Å². The lowest BCUT2D eigenvalue weighted by atomic mass is 9.91. The van der Waals surface area contributed by atoms with Gasteiger partial charge in [-0.25, -0.2) is 0 Å². The third-order valence-corrected chi connectivity index (χ3v) is 4.97. The van der Waals surface area contributed by atoms with Crippen LogP contribution in [-0.4, -0.2) is 17.3 Å². The molecular weight excluding hydrogens is 310 g/mol. The van der Waals surface area contributed by atoms with E-state index in [0.717, 1.165) is 50.0 Å². The summed E-state index contributed by atoms with van der Waals surface area (Å²) in [5, 5.41) is 13.5. The van der Waals surface area contributed by atoms with E-state index in [9.17, 15) is 5.11 Å². The van der Waals surface area contributed by atoms with Gasteiger partial charge in [-0.15, -0.1) is 0 Å². The summed E-state index contributed by atoms with van der Waals surface area (Å²) in [5.41, 5.74) is 1.31. The topological polar surface area (TPSA) is 41.5 Å². The van der Waals surface area contributed by atoms with E-state index in [1.807, 2.05) is 30.3 Å². The van der Waals surface area contributed by atoms with E-state index in [1.54, 1.807) is 0 Å². The van der Waals surface area contributed by atoms with Gasteiger partial charge in [0.1, 0.15) is 11.5 Å². The average Bonchev–Trinajstić information content (AvgIpc) is 2.65. The van der Waals surface area contributed by atoms with Crippen LogP contribution < -0.4 is 10.1 Å². The summed E-state index contributed by atoms with van der Waals surface area (Å²) in [6.45, 7) is 2.23. The number of rotatable bonds is 7. The van der Waals surface area contributed by atoms with Crippen molar-refractivity contribution in [3.63, 3.8) is 0 Å². The molecule has 3 nitrogen and oxygen atoms in total. The van der Waals surface area contributed by atoms with Crippen molar-refractivity contribution in [2.45, 2.75) is 63.6 Å². The minimum Gasteiger partial charge on any atom is -0.457 e. The molecule has 0 bridgehead atoms. The lowest BCUT2D eigenvalue weighted by Crippen LogP contribution is -2.37. The van der Waals surface area contributed by atoms with Crippen molar-refractivity contribution in [3.8, 4) is 11.5 Å². The zero-order valence-electron chi connectivity index (χ0n) is 15.0. The van der Waals surface area contributed by atoms with Crippen LogP contribution in [0.25, 0.3) is 0 Å². The minimum atomic E-state index is -0.0999. The number of aliphatic hydroxyl groups excluding tert-OH is 1. The third-order valence-electron chi connectivity index (χ3n) is 4.97. The Morgan fingerprint density at radius 1 is 0.960 bits per heavy atom. The summed E-state index contributed by atoms with van der Waals surface area (Å²) in [5.74, 6) is 1.73. The molecule has 1 aliphatic rings. The van der Waals surface area contributed by atoms with Crippen molar-refractivity contribution in [2.24, 2.45) is 0 Å². The van der Waals surface area contributed by atoms with Crippen LogP contribution in [0.15, 0.2) is 54.6 Å². The molecule has 0 amide bonds. The maximum absolute atomic E-state index is 9.69. The molecule has 2 N–H and O–H groups in total. The quantitative estimate of drug-likeness (QED) is 0.727. The molecule has 0 spiro atoms. The first kappa shape index (κ1) is 18.0. The summed E-state index contributed by atoms with van der Waals surface area (Å²) in [4.78, 5) is 0. The van der Waals surface area contributed by atoms with E-state index in [1.165, 1.54) is 5.56 Å². The zero-order chi connectivity index (χ0) is 17.5. The number of para-hydroxylation sites is 1. The lowest BCUT2D eigenvalue weighted by Gasteiger charge is -2.30. The van der Waals surface area contributed by atoms with Crippen LogP contribution in [0.1, 0.15) is 57.1 Å². The highest BCUT2D eigenvalue weighted by molar-refractivity contribution is 5.34. The Labute approximate surface area is 151 Å². The minimum absolute atomic E-state index is 0.0999. The van der Waals surface area contributed by atoms with Gasteiger partial charge in [0.05, 0.1) is 6.10 Å². The molecule has 0 radical (unpaired) electrons. The van der Waals surface area contributed by atoms with Crippen molar-refractivity contribution in [1.29, 1.82) is 0 Å². The Balaban J connectivity index is 1.63. The lowest BCUT2D eigenvalue weighted by molar-refractivity contribution is 0.113. The monoisotopic (exact) mass is 339 g/mol. The molecule has 1 saturated carbocycles. The smallest absolute Gasteiger partial charge is 0.127 e. The van der Waals surface area contributed by atoms with Gasteiger partial charge in [-0.2, -0.15) is 0 Å². The SMILES string of the molecule is CCCC(NC1CCC(O)CC1)c1ccc(Oc2ccccc2)cc1. The van der Waals surface area contributed by atoms with Gasteiger partial charge in [-0.3, -0.25) is 0 Å². The Morgan fingerprint density at radius 2 is 1.60 bits per heavy atom. The van der Waals surface area contributed by atoms with Gasteiger partial charge in [-0.1, -0.05) is 43.7 Å². The van der Waals surface area contributed by atoms with E-state index in [4.69, 9.17) is 4.74 Å². The number of ether oxygens (including phenoxy) is 1. The van der Waals surface area contributed by atoms with Gasteiger partial charge < -0.3 is 15.2 Å². The highest BCUT2D eigenvalue weighted by Crippen LogP contribution is 2.27. The predicted molar refractivity (Wildman–Crippen MR) is 102 cm³/mol. The average molecular weight is 339 g/mol. The molecule has 0 saturated heterocycles. The molecule has 1 aliphatic carbocycles. The van der Waals surface area contributed by atoms with Crippen LogP contribution in [0.5, 0.6) is 11.5 Å². The van der Waals surface area contributed by atoms with Crippen LogP contribution in [0.2, 0.25) is 0 Å². The number of nitrogens with one attached hydrogen (secondary N) is 1. The molecule has 1 atom stereocenters. The predicted octanol–water partition coefficient (Wildman–Crippen LogP) is 5.21. The van der Waals surface area contributed by atoms with Crippen LogP contribution in [0.3, 0.4) is 0 Å². The van der Waals surface area contributed by atoms with Crippen molar-refractivity contribution >= 4 is 0 Å². The Morgan fingerprint density at radius 3 is 2.24 bits per heavy atom. The largest absolute Gasteiger partial charge is 0.457 e. The maximum Gasteiger partial charge on any atom is 0.127 e. The second-order valence-electron chi connectivity index (χ2n) is 7.00. The molecule has 1 unspecified atom stereocenters. The molecule has 0 aliphatic heterocycles. The van der Waals surface area contributed by atoms with Crippen molar-refractivity contribution in [3.05, 3.63) is 60.2 Å². The van der Waals surface area contributed by atoms with Crippen molar-refractivity contribution in [2.75, 3.05) is 0 Å². The van der Waals surface area contributed by atoms with Crippen LogP contribution in [-0.2, 0) is 0 Å². The zero-order valence-corrected chi connectivity index (χ0v) is 15.0. The van der Waals surface area contributed by atoms with Crippen molar-refractivity contribution < 1.29 is 9.84 Å². The fourth-order valence-electron chi connectivity index (χ4n) is 3.55. The summed E-state index contributed by atoms with van der Waals surface area (Å²) in [6, 6.07) is 19.2. The molecule has 134 valence electrons. The highest BCUT2D eigenvalue weighted by Gasteiger charge is 2.22. The van der Waals surface area contributed by atoms with E-state index >= 15 is 0 Å². The molecular formula is C22H29NO2. The van der Waals surface area contributed by atoms with Crippen LogP contribution >= 0.6 is 0 Å². The highest BCUT2D eigenvalue weighted by atomic mass is 16.5. The normalized spacial score (nSPS) is 21.7. The standard InChI is InChI=1S/C22H29NO2/c1-2-6-22(23-18-11-13-19(24)14-12-18)17-9-15-21(16-10-17)25-20-7-4-3-5-8-20/h3-5,7-10,15-16,18-19,22-24H,2,6,11-14H2,1H3. The van der Waals surface area contributed by atoms with E-state index in [2.05, 4.69) is 36.5 Å². The second kappa shape index (κ2) is 9.02. The van der Waals surface area contributed by atoms with Gasteiger partial charge in [-0.05, 0) is 61.9 Å². The summed E-state index contributed by atoms with van der Waals surface area (Å²) >= 11 is 0. The van der Waals surface area contributed by atoms with Gasteiger partial charge in [0.2, 0.25) is 0 Å². The number of aliphatic hydroxyl groups is 1.